The first-order chi connectivity index (χ1) is 7.65. The van der Waals surface area contributed by atoms with E-state index in [9.17, 15) is 0 Å². The van der Waals surface area contributed by atoms with Gasteiger partial charge in [-0.3, -0.25) is 4.90 Å². The van der Waals surface area contributed by atoms with Crippen molar-refractivity contribution in [2.75, 3.05) is 33.2 Å². The lowest BCUT2D eigenvalue weighted by molar-refractivity contribution is 0.132. The molecule has 1 atom stereocenters. The van der Waals surface area contributed by atoms with Crippen molar-refractivity contribution in [3.8, 4) is 0 Å². The summed E-state index contributed by atoms with van der Waals surface area (Å²) < 4.78 is 0. The summed E-state index contributed by atoms with van der Waals surface area (Å²) in [6.45, 7) is 12.9. The Hall–Kier alpha value is -0.860. The third kappa shape index (κ3) is 3.95. The van der Waals surface area contributed by atoms with Crippen LogP contribution in [0, 0.1) is 0 Å². The molecule has 0 aromatic carbocycles. The van der Waals surface area contributed by atoms with Crippen molar-refractivity contribution >= 4 is 0 Å². The third-order valence-electron chi connectivity index (χ3n) is 3.35. The Morgan fingerprint density at radius 2 is 1.81 bits per heavy atom. The average molecular weight is 220 g/mol. The molecule has 2 heteroatoms. The Morgan fingerprint density at radius 1 is 1.19 bits per heavy atom. The second-order valence-electron chi connectivity index (χ2n) is 4.55. The molecule has 1 aliphatic rings. The Morgan fingerprint density at radius 3 is 2.38 bits per heavy atom. The molecule has 2 nitrogen and oxygen atoms in total. The molecule has 1 heterocycles. The molecule has 1 unspecified atom stereocenters. The first-order valence-corrected chi connectivity index (χ1v) is 6.03. The molecule has 0 aliphatic carbocycles. The summed E-state index contributed by atoms with van der Waals surface area (Å²) in [7, 11) is 2.19. The minimum atomic E-state index is 0.545. The van der Waals surface area contributed by atoms with Crippen LogP contribution in [0.2, 0.25) is 0 Å². The van der Waals surface area contributed by atoms with Gasteiger partial charge in [-0.15, -0.1) is 0 Å². The Balaban J connectivity index is 2.49. The molecule has 0 amide bonds. The highest BCUT2D eigenvalue weighted by molar-refractivity contribution is 5.18. The number of nitrogens with zero attached hydrogens (tertiary/aromatic N) is 2. The highest BCUT2D eigenvalue weighted by Gasteiger charge is 2.19. The topological polar surface area (TPSA) is 6.48 Å². The van der Waals surface area contributed by atoms with Gasteiger partial charge in [-0.05, 0) is 20.9 Å². The van der Waals surface area contributed by atoms with Gasteiger partial charge in [0.1, 0.15) is 0 Å². The molecule has 0 aromatic heterocycles. The van der Waals surface area contributed by atoms with Crippen molar-refractivity contribution in [3.63, 3.8) is 0 Å². The van der Waals surface area contributed by atoms with Crippen LogP contribution in [0.3, 0.4) is 0 Å². The van der Waals surface area contributed by atoms with Crippen LogP contribution in [0.15, 0.2) is 36.5 Å². The summed E-state index contributed by atoms with van der Waals surface area (Å²) in [5, 5.41) is 0. The molecule has 16 heavy (non-hydrogen) atoms. The molecule has 1 rings (SSSR count). The van der Waals surface area contributed by atoms with Crippen LogP contribution in [0.4, 0.5) is 0 Å². The first-order valence-electron chi connectivity index (χ1n) is 6.03. The van der Waals surface area contributed by atoms with Crippen molar-refractivity contribution in [1.29, 1.82) is 0 Å². The normalized spacial score (nSPS) is 22.6. The van der Waals surface area contributed by atoms with Gasteiger partial charge in [0.05, 0.1) is 0 Å². The highest BCUT2D eigenvalue weighted by Crippen LogP contribution is 2.12. The Kier molecular flexibility index (Phi) is 5.50. The van der Waals surface area contributed by atoms with E-state index in [4.69, 9.17) is 0 Å². The number of hydrogen-bond donors (Lipinski definition) is 0. The zero-order valence-corrected chi connectivity index (χ0v) is 10.8. The van der Waals surface area contributed by atoms with E-state index in [2.05, 4.69) is 49.4 Å². The predicted octanol–water partition coefficient (Wildman–Crippen LogP) is 2.31. The van der Waals surface area contributed by atoms with E-state index in [-0.39, 0.29) is 0 Å². The van der Waals surface area contributed by atoms with Crippen molar-refractivity contribution in [1.82, 2.24) is 9.80 Å². The van der Waals surface area contributed by atoms with E-state index >= 15 is 0 Å². The summed E-state index contributed by atoms with van der Waals surface area (Å²) in [5.41, 5.74) is 1.42. The number of allylic oxidation sites excluding steroid dienone is 4. The van der Waals surface area contributed by atoms with Crippen molar-refractivity contribution in [2.24, 2.45) is 0 Å². The van der Waals surface area contributed by atoms with E-state index in [0.29, 0.717) is 6.04 Å². The molecule has 1 saturated heterocycles. The van der Waals surface area contributed by atoms with Gasteiger partial charge in [-0.25, -0.2) is 0 Å². The lowest BCUT2D eigenvalue weighted by Crippen LogP contribution is -2.48. The van der Waals surface area contributed by atoms with Gasteiger partial charge < -0.3 is 4.90 Å². The molecular weight excluding hydrogens is 196 g/mol. The number of piperazine rings is 1. The summed E-state index contributed by atoms with van der Waals surface area (Å²) in [5.74, 6) is 0. The highest BCUT2D eigenvalue weighted by atomic mass is 15.3. The van der Waals surface area contributed by atoms with E-state index in [0.717, 1.165) is 0 Å². The quantitative estimate of drug-likeness (QED) is 0.671. The summed E-state index contributed by atoms with van der Waals surface area (Å²) in [4.78, 5) is 4.94. The van der Waals surface area contributed by atoms with Crippen LogP contribution in [0.25, 0.3) is 0 Å². The summed E-state index contributed by atoms with van der Waals surface area (Å²) in [6, 6.07) is 0.545. The van der Waals surface area contributed by atoms with Gasteiger partial charge in [-0.2, -0.15) is 0 Å². The van der Waals surface area contributed by atoms with E-state index in [1.807, 2.05) is 12.2 Å². The number of rotatable bonds is 4. The van der Waals surface area contributed by atoms with Gasteiger partial charge in [-0.1, -0.05) is 36.5 Å². The fraction of sp³-hybridized carbons (Fsp3) is 0.571. The molecule has 1 aliphatic heterocycles. The Bertz CT molecular complexity index is 270. The third-order valence-corrected chi connectivity index (χ3v) is 3.35. The molecule has 0 saturated carbocycles. The number of likely N-dealkylation sites (N-methyl/N-ethyl adjacent to an activating group) is 1. The van der Waals surface area contributed by atoms with Crippen molar-refractivity contribution in [3.05, 3.63) is 36.5 Å². The zero-order valence-electron chi connectivity index (χ0n) is 10.8. The van der Waals surface area contributed by atoms with Crippen molar-refractivity contribution < 1.29 is 0 Å². The van der Waals surface area contributed by atoms with Crippen LogP contribution >= 0.6 is 0 Å². The van der Waals surface area contributed by atoms with E-state index in [1.54, 1.807) is 0 Å². The molecule has 0 N–H and O–H groups in total. The van der Waals surface area contributed by atoms with Crippen LogP contribution in [0.1, 0.15) is 13.8 Å². The lowest BCUT2D eigenvalue weighted by Gasteiger charge is -2.36. The molecular formula is C14H24N2. The fourth-order valence-corrected chi connectivity index (χ4v) is 1.92. The maximum atomic E-state index is 3.67. The van der Waals surface area contributed by atoms with Gasteiger partial charge in [0, 0.05) is 32.2 Å². The zero-order chi connectivity index (χ0) is 12.0. The minimum Gasteiger partial charge on any atom is -0.304 e. The summed E-state index contributed by atoms with van der Waals surface area (Å²) in [6.07, 6.45) is 8.03. The van der Waals surface area contributed by atoms with Crippen molar-refractivity contribution in [2.45, 2.75) is 19.9 Å². The standard InChI is InChI=1S/C14H24N2/c1-5-6-7-8-13(2)14(3)16-11-9-15(4)10-12-16/h5-8,14H,1,9-12H2,2-4H3. The lowest BCUT2D eigenvalue weighted by atomic mass is 10.1. The Labute approximate surface area is 99.9 Å². The fourth-order valence-electron chi connectivity index (χ4n) is 1.92. The summed E-state index contributed by atoms with van der Waals surface area (Å²) >= 11 is 0. The van der Waals surface area contributed by atoms with E-state index < -0.39 is 0 Å². The first kappa shape index (κ1) is 13.2. The van der Waals surface area contributed by atoms with Gasteiger partial charge >= 0.3 is 0 Å². The minimum absolute atomic E-state index is 0.545. The van der Waals surface area contributed by atoms with Crippen LogP contribution in [-0.4, -0.2) is 49.1 Å². The molecule has 90 valence electrons. The number of hydrogen-bond acceptors (Lipinski definition) is 2. The molecule has 0 radical (unpaired) electrons. The smallest absolute Gasteiger partial charge is 0.0280 e. The van der Waals surface area contributed by atoms with Gasteiger partial charge in [0.25, 0.3) is 0 Å². The van der Waals surface area contributed by atoms with E-state index in [1.165, 1.54) is 31.8 Å². The van der Waals surface area contributed by atoms with Gasteiger partial charge in [0.2, 0.25) is 0 Å². The monoisotopic (exact) mass is 220 g/mol. The average Bonchev–Trinajstić information content (AvgIpc) is 2.29. The van der Waals surface area contributed by atoms with Crippen LogP contribution in [0.5, 0.6) is 0 Å². The largest absolute Gasteiger partial charge is 0.304 e. The molecule has 0 bridgehead atoms. The maximum absolute atomic E-state index is 3.67. The van der Waals surface area contributed by atoms with Gasteiger partial charge in [0.15, 0.2) is 0 Å². The maximum Gasteiger partial charge on any atom is 0.0280 e. The predicted molar refractivity (Wildman–Crippen MR) is 71.6 cm³/mol. The molecule has 1 fully saturated rings. The molecule has 0 spiro atoms. The van der Waals surface area contributed by atoms with Crippen LogP contribution in [-0.2, 0) is 0 Å². The molecule has 0 aromatic rings. The second-order valence-corrected chi connectivity index (χ2v) is 4.55. The van der Waals surface area contributed by atoms with Crippen LogP contribution < -0.4 is 0 Å². The second kappa shape index (κ2) is 6.66. The SMILES string of the molecule is C=CC=CC=C(C)C(C)N1CCN(C)CC1.